The average molecular weight is 305 g/mol. The Bertz CT molecular complexity index is 736. The van der Waals surface area contributed by atoms with Crippen LogP contribution in [0.15, 0.2) is 36.5 Å². The third-order valence-corrected chi connectivity index (χ3v) is 2.83. The van der Waals surface area contributed by atoms with Crippen molar-refractivity contribution in [2.75, 3.05) is 12.0 Å². The van der Waals surface area contributed by atoms with Crippen molar-refractivity contribution >= 4 is 23.1 Å². The molecule has 114 valence electrons. The number of anilines is 2. The van der Waals surface area contributed by atoms with Crippen LogP contribution in [0.25, 0.3) is 0 Å². The van der Waals surface area contributed by atoms with Crippen molar-refractivity contribution in [1.82, 2.24) is 4.98 Å². The highest BCUT2D eigenvalue weighted by molar-refractivity contribution is 5.98. The van der Waals surface area contributed by atoms with E-state index < -0.39 is 16.6 Å². The minimum Gasteiger partial charge on any atom is -0.497 e. The molecule has 1 amide bonds. The van der Waals surface area contributed by atoms with E-state index in [1.54, 1.807) is 0 Å². The van der Waals surface area contributed by atoms with Gasteiger partial charge in [-0.05, 0) is 6.07 Å². The molecule has 8 heteroatoms. The van der Waals surface area contributed by atoms with Gasteiger partial charge in [0.05, 0.1) is 23.8 Å². The van der Waals surface area contributed by atoms with Gasteiger partial charge in [0.2, 0.25) is 5.91 Å². The van der Waals surface area contributed by atoms with Crippen LogP contribution in [0.3, 0.4) is 0 Å². The van der Waals surface area contributed by atoms with Gasteiger partial charge in [-0.1, -0.05) is 0 Å². The minimum atomic E-state index is -0.606. The maximum atomic E-state index is 13.6. The van der Waals surface area contributed by atoms with Crippen LogP contribution in [0.5, 0.6) is 5.75 Å². The van der Waals surface area contributed by atoms with Gasteiger partial charge in [-0.2, -0.15) is 0 Å². The van der Waals surface area contributed by atoms with Gasteiger partial charge in [-0.3, -0.25) is 19.8 Å². The molecular weight excluding hydrogens is 293 g/mol. The standard InChI is InChI=1S/C14H12FN3O4/c1-9(19)17(12-5-10(15)6-13(7-12)22-2)14-8-11(18(20)21)3-4-16-14/h3-8H,1-2H3. The molecule has 0 N–H and O–H groups in total. The number of rotatable bonds is 4. The molecular formula is C14H12FN3O4. The lowest BCUT2D eigenvalue weighted by molar-refractivity contribution is -0.384. The Balaban J connectivity index is 2.56. The number of ether oxygens (including phenoxy) is 1. The number of carbonyl (C=O) groups is 1. The number of hydrogen-bond donors (Lipinski definition) is 0. The molecule has 0 unspecified atom stereocenters. The first-order valence-electron chi connectivity index (χ1n) is 6.18. The predicted molar refractivity (Wildman–Crippen MR) is 76.7 cm³/mol. The van der Waals surface area contributed by atoms with Crippen LogP contribution in [-0.2, 0) is 4.79 Å². The molecule has 0 saturated heterocycles. The van der Waals surface area contributed by atoms with E-state index in [0.29, 0.717) is 0 Å². The maximum absolute atomic E-state index is 13.6. The molecule has 0 aliphatic heterocycles. The van der Waals surface area contributed by atoms with Gasteiger partial charge in [0.15, 0.2) is 0 Å². The summed E-state index contributed by atoms with van der Waals surface area (Å²) in [6.07, 6.45) is 1.21. The van der Waals surface area contributed by atoms with Crippen molar-refractivity contribution in [1.29, 1.82) is 0 Å². The molecule has 0 aliphatic carbocycles. The number of halogens is 1. The van der Waals surface area contributed by atoms with Gasteiger partial charge < -0.3 is 4.74 Å². The first-order chi connectivity index (χ1) is 10.4. The average Bonchev–Trinajstić information content (AvgIpc) is 2.46. The molecule has 1 heterocycles. The van der Waals surface area contributed by atoms with Crippen LogP contribution in [0.2, 0.25) is 0 Å². The molecule has 1 aromatic heterocycles. The van der Waals surface area contributed by atoms with Crippen LogP contribution < -0.4 is 9.64 Å². The van der Waals surface area contributed by atoms with Crippen molar-refractivity contribution in [3.8, 4) is 5.75 Å². The van der Waals surface area contributed by atoms with Crippen LogP contribution in [-0.4, -0.2) is 22.9 Å². The zero-order valence-corrected chi connectivity index (χ0v) is 11.8. The third-order valence-electron chi connectivity index (χ3n) is 2.83. The zero-order valence-electron chi connectivity index (χ0n) is 11.8. The number of carbonyl (C=O) groups excluding carboxylic acids is 1. The number of hydrogen-bond acceptors (Lipinski definition) is 5. The summed E-state index contributed by atoms with van der Waals surface area (Å²) in [6.45, 7) is 1.25. The number of nitrogens with zero attached hydrogens (tertiary/aromatic N) is 3. The van der Waals surface area contributed by atoms with E-state index in [0.717, 1.165) is 23.1 Å². The summed E-state index contributed by atoms with van der Waals surface area (Å²) in [7, 11) is 1.36. The van der Waals surface area contributed by atoms with Crippen molar-refractivity contribution in [2.45, 2.75) is 6.92 Å². The van der Waals surface area contributed by atoms with Crippen LogP contribution in [0.1, 0.15) is 6.92 Å². The summed E-state index contributed by atoms with van der Waals surface area (Å²) in [5.41, 5.74) is -0.0584. The lowest BCUT2D eigenvalue weighted by Gasteiger charge is -2.20. The Labute approximate surface area is 125 Å². The topological polar surface area (TPSA) is 85.6 Å². The van der Waals surface area contributed by atoms with Crippen molar-refractivity contribution in [2.24, 2.45) is 0 Å². The number of methoxy groups -OCH3 is 1. The second kappa shape index (κ2) is 6.17. The van der Waals surface area contributed by atoms with Crippen molar-refractivity contribution in [3.63, 3.8) is 0 Å². The molecule has 2 aromatic rings. The molecule has 0 fully saturated rings. The van der Waals surface area contributed by atoms with Crippen molar-refractivity contribution < 1.29 is 18.8 Å². The number of pyridine rings is 1. The third kappa shape index (κ3) is 3.17. The normalized spacial score (nSPS) is 10.1. The summed E-state index contributed by atoms with van der Waals surface area (Å²) in [6, 6.07) is 6.05. The van der Waals surface area contributed by atoms with E-state index in [1.165, 1.54) is 32.4 Å². The first kappa shape index (κ1) is 15.4. The van der Waals surface area contributed by atoms with E-state index >= 15 is 0 Å². The molecule has 0 spiro atoms. The Hall–Kier alpha value is -3.03. The summed E-state index contributed by atoms with van der Waals surface area (Å²) in [5, 5.41) is 10.8. The monoisotopic (exact) mass is 305 g/mol. The molecule has 2 rings (SSSR count). The van der Waals surface area contributed by atoms with E-state index in [2.05, 4.69) is 4.98 Å². The molecule has 22 heavy (non-hydrogen) atoms. The van der Waals surface area contributed by atoms with Gasteiger partial charge >= 0.3 is 0 Å². The highest BCUT2D eigenvalue weighted by Crippen LogP contribution is 2.30. The van der Waals surface area contributed by atoms with Gasteiger partial charge in [0, 0.05) is 31.3 Å². The fourth-order valence-electron chi connectivity index (χ4n) is 1.91. The Morgan fingerprint density at radius 3 is 2.68 bits per heavy atom. The first-order valence-corrected chi connectivity index (χ1v) is 6.18. The van der Waals surface area contributed by atoms with Crippen LogP contribution in [0.4, 0.5) is 21.6 Å². The van der Waals surface area contributed by atoms with E-state index in [-0.39, 0.29) is 22.9 Å². The van der Waals surface area contributed by atoms with E-state index in [9.17, 15) is 19.3 Å². The Morgan fingerprint density at radius 1 is 1.36 bits per heavy atom. The Morgan fingerprint density at radius 2 is 2.09 bits per heavy atom. The predicted octanol–water partition coefficient (Wildman–Crippen LogP) is 2.82. The molecule has 0 atom stereocenters. The largest absolute Gasteiger partial charge is 0.497 e. The quantitative estimate of drug-likeness (QED) is 0.640. The molecule has 1 aromatic carbocycles. The fraction of sp³-hybridized carbons (Fsp3) is 0.143. The second-order valence-electron chi connectivity index (χ2n) is 4.33. The molecule has 0 aliphatic rings. The van der Waals surface area contributed by atoms with Crippen molar-refractivity contribution in [3.05, 3.63) is 52.5 Å². The highest BCUT2D eigenvalue weighted by Gasteiger charge is 2.19. The highest BCUT2D eigenvalue weighted by atomic mass is 19.1. The molecule has 0 radical (unpaired) electrons. The maximum Gasteiger partial charge on any atom is 0.274 e. The number of nitro groups is 1. The van der Waals surface area contributed by atoms with Gasteiger partial charge in [0.1, 0.15) is 17.4 Å². The lowest BCUT2D eigenvalue weighted by atomic mass is 10.2. The zero-order chi connectivity index (χ0) is 16.3. The SMILES string of the molecule is COc1cc(F)cc(N(C(C)=O)c2cc([N+](=O)[O-])ccn2)c1. The number of amides is 1. The number of aromatic nitrogens is 1. The summed E-state index contributed by atoms with van der Waals surface area (Å²) in [5.74, 6) is -0.840. The van der Waals surface area contributed by atoms with Crippen LogP contribution >= 0.6 is 0 Å². The second-order valence-corrected chi connectivity index (χ2v) is 4.33. The fourth-order valence-corrected chi connectivity index (χ4v) is 1.91. The molecule has 7 nitrogen and oxygen atoms in total. The summed E-state index contributed by atoms with van der Waals surface area (Å²) in [4.78, 5) is 27.1. The number of benzene rings is 1. The molecule has 0 saturated carbocycles. The van der Waals surface area contributed by atoms with Crippen LogP contribution in [0, 0.1) is 15.9 Å². The van der Waals surface area contributed by atoms with Gasteiger partial charge in [-0.25, -0.2) is 9.37 Å². The van der Waals surface area contributed by atoms with Gasteiger partial charge in [-0.15, -0.1) is 0 Å². The smallest absolute Gasteiger partial charge is 0.274 e. The summed E-state index contributed by atoms with van der Waals surface area (Å²) >= 11 is 0. The van der Waals surface area contributed by atoms with Gasteiger partial charge in [0.25, 0.3) is 5.69 Å². The van der Waals surface area contributed by atoms with E-state index in [1.807, 2.05) is 0 Å². The van der Waals surface area contributed by atoms with E-state index in [4.69, 9.17) is 4.74 Å². The molecule has 0 bridgehead atoms. The minimum absolute atomic E-state index is 0.0225. The lowest BCUT2D eigenvalue weighted by Crippen LogP contribution is -2.24. The summed E-state index contributed by atoms with van der Waals surface area (Å²) < 4.78 is 18.6. The Kier molecular flexibility index (Phi) is 4.31.